The Labute approximate surface area is 132 Å². The minimum Gasteiger partial charge on any atom is -0.321 e. The number of benzene rings is 2. The maximum absolute atomic E-state index is 12.8. The minimum atomic E-state index is -4.54. The van der Waals surface area contributed by atoms with Crippen LogP contribution in [0, 0.1) is 0 Å². The first kappa shape index (κ1) is 15.9. The largest absolute Gasteiger partial charge is 0.418 e. The Bertz CT molecular complexity index is 668. The van der Waals surface area contributed by atoms with Crippen LogP contribution in [0.5, 0.6) is 0 Å². The van der Waals surface area contributed by atoms with Gasteiger partial charge in [0.2, 0.25) is 0 Å². The molecule has 110 valence electrons. The predicted octanol–water partition coefficient (Wildman–Crippen LogP) is 5.37. The summed E-state index contributed by atoms with van der Waals surface area (Å²) >= 11 is 8.98. The van der Waals surface area contributed by atoms with Gasteiger partial charge in [-0.05, 0) is 30.3 Å². The summed E-state index contributed by atoms with van der Waals surface area (Å²) in [5.74, 6) is -0.671. The van der Waals surface area contributed by atoms with E-state index in [9.17, 15) is 18.0 Å². The van der Waals surface area contributed by atoms with Crippen LogP contribution in [-0.4, -0.2) is 5.91 Å². The molecule has 0 fully saturated rings. The van der Waals surface area contributed by atoms with Gasteiger partial charge in [0.15, 0.2) is 0 Å². The van der Waals surface area contributed by atoms with Crippen molar-refractivity contribution in [3.63, 3.8) is 0 Å². The number of rotatable bonds is 2. The SMILES string of the molecule is O=C(Nc1ccccc1C(F)(F)F)c1cc(Cl)cc(Br)c1. The summed E-state index contributed by atoms with van der Waals surface area (Å²) in [4.78, 5) is 12.0. The monoisotopic (exact) mass is 377 g/mol. The summed E-state index contributed by atoms with van der Waals surface area (Å²) < 4.78 is 39.1. The number of anilines is 1. The number of nitrogens with one attached hydrogen (secondary N) is 1. The second-order valence-electron chi connectivity index (χ2n) is 4.16. The van der Waals surface area contributed by atoms with Gasteiger partial charge in [0.05, 0.1) is 11.3 Å². The number of alkyl halides is 3. The smallest absolute Gasteiger partial charge is 0.321 e. The van der Waals surface area contributed by atoms with Crippen LogP contribution in [0.15, 0.2) is 46.9 Å². The number of hydrogen-bond acceptors (Lipinski definition) is 1. The molecule has 21 heavy (non-hydrogen) atoms. The molecule has 0 aliphatic carbocycles. The molecular weight excluding hydrogens is 371 g/mol. The Morgan fingerprint density at radius 2 is 1.81 bits per heavy atom. The molecule has 0 unspecified atom stereocenters. The average molecular weight is 379 g/mol. The van der Waals surface area contributed by atoms with Crippen LogP contribution in [0.25, 0.3) is 0 Å². The zero-order chi connectivity index (χ0) is 15.6. The summed E-state index contributed by atoms with van der Waals surface area (Å²) in [5, 5.41) is 2.55. The fourth-order valence-electron chi connectivity index (χ4n) is 1.72. The lowest BCUT2D eigenvalue weighted by Gasteiger charge is -2.13. The van der Waals surface area contributed by atoms with E-state index in [2.05, 4.69) is 21.2 Å². The van der Waals surface area contributed by atoms with E-state index in [1.165, 1.54) is 30.3 Å². The molecule has 0 atom stereocenters. The van der Waals surface area contributed by atoms with E-state index in [1.54, 1.807) is 6.07 Å². The standard InChI is InChI=1S/C14H8BrClF3NO/c15-9-5-8(6-10(16)7-9)13(21)20-12-4-2-1-3-11(12)14(17,18)19/h1-7H,(H,20,21). The lowest BCUT2D eigenvalue weighted by atomic mass is 10.1. The van der Waals surface area contributed by atoms with Gasteiger partial charge >= 0.3 is 6.18 Å². The van der Waals surface area contributed by atoms with Gasteiger partial charge in [-0.15, -0.1) is 0 Å². The number of para-hydroxylation sites is 1. The van der Waals surface area contributed by atoms with Crippen LogP contribution in [0.1, 0.15) is 15.9 Å². The van der Waals surface area contributed by atoms with Crippen LogP contribution in [-0.2, 0) is 6.18 Å². The Kier molecular flexibility index (Phi) is 4.58. The molecule has 0 saturated carbocycles. The summed E-state index contributed by atoms with van der Waals surface area (Å²) in [6.45, 7) is 0. The molecule has 0 spiro atoms. The van der Waals surface area contributed by atoms with E-state index < -0.39 is 17.6 Å². The Morgan fingerprint density at radius 1 is 1.14 bits per heavy atom. The van der Waals surface area contributed by atoms with Crippen molar-refractivity contribution >= 4 is 39.1 Å². The van der Waals surface area contributed by atoms with Crippen molar-refractivity contribution in [2.45, 2.75) is 6.18 Å². The first-order valence-electron chi connectivity index (χ1n) is 5.71. The molecule has 0 aromatic heterocycles. The molecule has 0 heterocycles. The second kappa shape index (κ2) is 6.07. The van der Waals surface area contributed by atoms with E-state index in [4.69, 9.17) is 11.6 Å². The Morgan fingerprint density at radius 3 is 2.43 bits per heavy atom. The number of halogens is 5. The first-order valence-corrected chi connectivity index (χ1v) is 6.88. The average Bonchev–Trinajstić information content (AvgIpc) is 2.37. The van der Waals surface area contributed by atoms with Gasteiger partial charge in [0, 0.05) is 15.1 Å². The van der Waals surface area contributed by atoms with Crippen molar-refractivity contribution < 1.29 is 18.0 Å². The highest BCUT2D eigenvalue weighted by Gasteiger charge is 2.33. The second-order valence-corrected chi connectivity index (χ2v) is 5.51. The number of carbonyl (C=O) groups excluding carboxylic acids is 1. The molecule has 0 radical (unpaired) electrons. The summed E-state index contributed by atoms with van der Waals surface area (Å²) in [6, 6.07) is 9.19. The predicted molar refractivity (Wildman–Crippen MR) is 78.5 cm³/mol. The zero-order valence-electron chi connectivity index (χ0n) is 10.3. The minimum absolute atomic E-state index is 0.159. The van der Waals surface area contributed by atoms with Gasteiger partial charge in [-0.2, -0.15) is 13.2 Å². The summed E-state index contributed by atoms with van der Waals surface area (Å²) in [7, 11) is 0. The first-order chi connectivity index (χ1) is 9.77. The van der Waals surface area contributed by atoms with Crippen LogP contribution >= 0.6 is 27.5 Å². The van der Waals surface area contributed by atoms with E-state index in [0.717, 1.165) is 6.07 Å². The molecule has 1 amide bonds. The summed E-state index contributed by atoms with van der Waals surface area (Å²) in [5.41, 5.74) is -1.04. The normalized spacial score (nSPS) is 11.3. The van der Waals surface area contributed by atoms with Gasteiger partial charge in [0.1, 0.15) is 0 Å². The van der Waals surface area contributed by atoms with Crippen LogP contribution in [0.2, 0.25) is 5.02 Å². The highest BCUT2D eigenvalue weighted by molar-refractivity contribution is 9.10. The molecule has 2 aromatic carbocycles. The maximum Gasteiger partial charge on any atom is 0.418 e. The van der Waals surface area contributed by atoms with Gasteiger partial charge < -0.3 is 5.32 Å². The highest BCUT2D eigenvalue weighted by atomic mass is 79.9. The lowest BCUT2D eigenvalue weighted by molar-refractivity contribution is -0.136. The van der Waals surface area contributed by atoms with Crippen LogP contribution in [0.4, 0.5) is 18.9 Å². The molecule has 0 aliphatic rings. The third-order valence-corrected chi connectivity index (χ3v) is 3.28. The van der Waals surface area contributed by atoms with Crippen molar-refractivity contribution in [1.82, 2.24) is 0 Å². The molecule has 1 N–H and O–H groups in total. The van der Waals surface area contributed by atoms with Crippen LogP contribution in [0.3, 0.4) is 0 Å². The lowest BCUT2D eigenvalue weighted by Crippen LogP contribution is -2.16. The van der Waals surface area contributed by atoms with Crippen molar-refractivity contribution in [3.8, 4) is 0 Å². The topological polar surface area (TPSA) is 29.1 Å². The molecule has 2 rings (SSSR count). The van der Waals surface area contributed by atoms with Gasteiger partial charge in [-0.3, -0.25) is 4.79 Å². The molecule has 7 heteroatoms. The van der Waals surface area contributed by atoms with E-state index >= 15 is 0 Å². The van der Waals surface area contributed by atoms with E-state index in [-0.39, 0.29) is 11.3 Å². The Hall–Kier alpha value is -1.53. The number of hydrogen-bond donors (Lipinski definition) is 1. The fraction of sp³-hybridized carbons (Fsp3) is 0.0714. The zero-order valence-corrected chi connectivity index (χ0v) is 12.7. The molecular formula is C14H8BrClF3NO. The van der Waals surface area contributed by atoms with Gasteiger partial charge in [0.25, 0.3) is 5.91 Å². The van der Waals surface area contributed by atoms with Crippen molar-refractivity contribution in [2.24, 2.45) is 0 Å². The number of carbonyl (C=O) groups is 1. The third-order valence-electron chi connectivity index (χ3n) is 2.61. The molecule has 2 nitrogen and oxygen atoms in total. The van der Waals surface area contributed by atoms with Crippen molar-refractivity contribution in [3.05, 3.63) is 63.1 Å². The molecule has 0 saturated heterocycles. The van der Waals surface area contributed by atoms with E-state index in [1.807, 2.05) is 0 Å². The van der Waals surface area contributed by atoms with Crippen molar-refractivity contribution in [2.75, 3.05) is 5.32 Å². The quantitative estimate of drug-likeness (QED) is 0.747. The molecule has 0 bridgehead atoms. The van der Waals surface area contributed by atoms with Gasteiger partial charge in [-0.1, -0.05) is 39.7 Å². The van der Waals surface area contributed by atoms with E-state index in [0.29, 0.717) is 9.50 Å². The van der Waals surface area contributed by atoms with Gasteiger partial charge in [-0.25, -0.2) is 0 Å². The fourth-order valence-corrected chi connectivity index (χ4v) is 2.58. The summed E-state index contributed by atoms with van der Waals surface area (Å²) in [6.07, 6.45) is -4.54. The highest BCUT2D eigenvalue weighted by Crippen LogP contribution is 2.34. The maximum atomic E-state index is 12.8. The van der Waals surface area contributed by atoms with Crippen LogP contribution < -0.4 is 5.32 Å². The van der Waals surface area contributed by atoms with Crippen molar-refractivity contribution in [1.29, 1.82) is 0 Å². The third kappa shape index (κ3) is 3.98. The molecule has 2 aromatic rings. The molecule has 0 aliphatic heterocycles. The number of amides is 1. The Balaban J connectivity index is 2.32.